The van der Waals surface area contributed by atoms with Crippen LogP contribution in [0.2, 0.25) is 0 Å². The molecule has 2 aromatic carbocycles. The molecule has 1 unspecified atom stereocenters. The van der Waals surface area contributed by atoms with Crippen LogP contribution in [-0.2, 0) is 11.8 Å². The van der Waals surface area contributed by atoms with Crippen LogP contribution in [0.5, 0.6) is 11.5 Å². The number of ether oxygens (including phenoxy) is 1. The van der Waals surface area contributed by atoms with Crippen molar-refractivity contribution in [2.24, 2.45) is 5.73 Å². The van der Waals surface area contributed by atoms with Crippen LogP contribution in [0.4, 0.5) is 0 Å². The normalized spacial score (nSPS) is 12.4. The minimum absolute atomic E-state index is 0. The molecule has 0 aliphatic carbocycles. The first-order chi connectivity index (χ1) is 10.4. The molecule has 2 aromatic rings. The molecule has 0 spiro atoms. The van der Waals surface area contributed by atoms with Crippen LogP contribution in [0.3, 0.4) is 0 Å². The summed E-state index contributed by atoms with van der Waals surface area (Å²) < 4.78 is 5.96. The lowest BCUT2D eigenvalue weighted by Gasteiger charge is -2.19. The van der Waals surface area contributed by atoms with Gasteiger partial charge in [-0.25, -0.2) is 0 Å². The van der Waals surface area contributed by atoms with Crippen molar-refractivity contribution < 1.29 is 4.74 Å². The second kappa shape index (κ2) is 8.37. The van der Waals surface area contributed by atoms with Gasteiger partial charge in [-0.1, -0.05) is 52.0 Å². The molecular weight excluding hydrogens is 306 g/mol. The van der Waals surface area contributed by atoms with Crippen LogP contribution in [0.15, 0.2) is 48.5 Å². The second-order valence-electron chi connectivity index (χ2n) is 6.90. The predicted octanol–water partition coefficient (Wildman–Crippen LogP) is 5.48. The first-order valence-corrected chi connectivity index (χ1v) is 8.01. The molecule has 0 aromatic heterocycles. The summed E-state index contributed by atoms with van der Waals surface area (Å²) in [7, 11) is 0. The van der Waals surface area contributed by atoms with Crippen LogP contribution >= 0.6 is 12.4 Å². The first kappa shape index (κ1) is 19.5. The Morgan fingerprint density at radius 1 is 1.00 bits per heavy atom. The predicted molar refractivity (Wildman–Crippen MR) is 101 cm³/mol. The van der Waals surface area contributed by atoms with E-state index in [0.29, 0.717) is 0 Å². The maximum absolute atomic E-state index is 6.02. The lowest BCUT2D eigenvalue weighted by Crippen LogP contribution is -2.21. The molecule has 0 radical (unpaired) electrons. The van der Waals surface area contributed by atoms with Crippen molar-refractivity contribution in [2.45, 2.75) is 52.0 Å². The van der Waals surface area contributed by atoms with Crippen molar-refractivity contribution in [3.63, 3.8) is 0 Å². The molecule has 2 N–H and O–H groups in total. The average molecular weight is 334 g/mol. The van der Waals surface area contributed by atoms with Crippen LogP contribution in [0.1, 0.15) is 45.2 Å². The highest BCUT2D eigenvalue weighted by molar-refractivity contribution is 5.85. The highest BCUT2D eigenvalue weighted by Crippen LogP contribution is 2.27. The van der Waals surface area contributed by atoms with E-state index >= 15 is 0 Å². The Kier molecular flexibility index (Phi) is 7.11. The Morgan fingerprint density at radius 2 is 1.65 bits per heavy atom. The minimum atomic E-state index is 0. The summed E-state index contributed by atoms with van der Waals surface area (Å²) in [6.45, 7) is 8.75. The fourth-order valence-electron chi connectivity index (χ4n) is 2.34. The van der Waals surface area contributed by atoms with E-state index in [0.717, 1.165) is 24.3 Å². The molecule has 0 fully saturated rings. The fraction of sp³-hybridized carbons (Fsp3) is 0.400. The van der Waals surface area contributed by atoms with Gasteiger partial charge in [0.25, 0.3) is 0 Å². The zero-order chi connectivity index (χ0) is 16.2. The van der Waals surface area contributed by atoms with E-state index in [1.165, 1.54) is 11.1 Å². The molecule has 3 heteroatoms. The van der Waals surface area contributed by atoms with Crippen LogP contribution in [0, 0.1) is 0 Å². The maximum Gasteiger partial charge on any atom is 0.127 e. The Morgan fingerprint density at radius 3 is 2.22 bits per heavy atom. The second-order valence-corrected chi connectivity index (χ2v) is 6.90. The molecule has 126 valence electrons. The lowest BCUT2D eigenvalue weighted by atomic mass is 9.87. The van der Waals surface area contributed by atoms with Crippen LogP contribution < -0.4 is 10.5 Å². The van der Waals surface area contributed by atoms with E-state index in [1.807, 2.05) is 24.3 Å². The van der Waals surface area contributed by atoms with E-state index in [4.69, 9.17) is 10.5 Å². The van der Waals surface area contributed by atoms with E-state index in [-0.39, 0.29) is 23.9 Å². The van der Waals surface area contributed by atoms with E-state index in [2.05, 4.69) is 52.0 Å². The molecular formula is C20H28ClNO. The van der Waals surface area contributed by atoms with Gasteiger partial charge in [-0.2, -0.15) is 0 Å². The molecule has 1 atom stereocenters. The molecule has 0 heterocycles. The topological polar surface area (TPSA) is 35.2 Å². The van der Waals surface area contributed by atoms with Gasteiger partial charge >= 0.3 is 0 Å². The largest absolute Gasteiger partial charge is 0.457 e. The molecule has 0 saturated heterocycles. The lowest BCUT2D eigenvalue weighted by molar-refractivity contribution is 0.480. The van der Waals surface area contributed by atoms with Crippen molar-refractivity contribution in [1.82, 2.24) is 0 Å². The molecule has 0 aliphatic rings. The van der Waals surface area contributed by atoms with E-state index in [9.17, 15) is 0 Å². The Balaban J connectivity index is 0.00000264. The standard InChI is InChI=1S/C20H27NO.ClH/c1-5-17(21)13-15-7-6-8-19(14-15)22-18-11-9-16(10-12-18)20(2,3)4;/h6-12,14,17H,5,13,21H2,1-4H3;1H. The fourth-order valence-corrected chi connectivity index (χ4v) is 2.34. The highest BCUT2D eigenvalue weighted by atomic mass is 35.5. The van der Waals surface area contributed by atoms with Gasteiger partial charge in [0.2, 0.25) is 0 Å². The summed E-state index contributed by atoms with van der Waals surface area (Å²) in [5, 5.41) is 0. The van der Waals surface area contributed by atoms with Crippen LogP contribution in [-0.4, -0.2) is 6.04 Å². The monoisotopic (exact) mass is 333 g/mol. The first-order valence-electron chi connectivity index (χ1n) is 8.01. The van der Waals surface area contributed by atoms with Crippen molar-refractivity contribution >= 4 is 12.4 Å². The number of hydrogen-bond donors (Lipinski definition) is 1. The average Bonchev–Trinajstić information content (AvgIpc) is 2.47. The zero-order valence-corrected chi connectivity index (χ0v) is 15.3. The van der Waals surface area contributed by atoms with Crippen LogP contribution in [0.25, 0.3) is 0 Å². The van der Waals surface area contributed by atoms with Crippen molar-refractivity contribution in [3.05, 3.63) is 59.7 Å². The molecule has 0 saturated carbocycles. The Bertz CT molecular complexity index is 602. The third-order valence-corrected chi connectivity index (χ3v) is 3.88. The Hall–Kier alpha value is -1.51. The summed E-state index contributed by atoms with van der Waals surface area (Å²) in [6, 6.07) is 16.7. The van der Waals surface area contributed by atoms with Gasteiger partial charge in [0.1, 0.15) is 11.5 Å². The third kappa shape index (κ3) is 5.89. The summed E-state index contributed by atoms with van der Waals surface area (Å²) in [5.41, 5.74) is 8.71. The molecule has 0 aliphatic heterocycles. The number of halogens is 1. The SMILES string of the molecule is CCC(N)Cc1cccc(Oc2ccc(C(C)(C)C)cc2)c1.Cl. The molecule has 23 heavy (non-hydrogen) atoms. The van der Waals surface area contributed by atoms with Gasteiger partial charge in [-0.3, -0.25) is 0 Å². The maximum atomic E-state index is 6.02. The molecule has 2 rings (SSSR count). The number of rotatable bonds is 5. The smallest absolute Gasteiger partial charge is 0.127 e. The summed E-state index contributed by atoms with van der Waals surface area (Å²) >= 11 is 0. The van der Waals surface area contributed by atoms with Crippen molar-refractivity contribution in [2.75, 3.05) is 0 Å². The molecule has 0 bridgehead atoms. The summed E-state index contributed by atoms with van der Waals surface area (Å²) in [5.74, 6) is 1.73. The van der Waals surface area contributed by atoms with Crippen molar-refractivity contribution in [3.8, 4) is 11.5 Å². The van der Waals surface area contributed by atoms with E-state index < -0.39 is 0 Å². The van der Waals surface area contributed by atoms with Gasteiger partial charge in [-0.05, 0) is 53.6 Å². The van der Waals surface area contributed by atoms with Gasteiger partial charge in [0.15, 0.2) is 0 Å². The molecule has 2 nitrogen and oxygen atoms in total. The number of benzene rings is 2. The highest BCUT2D eigenvalue weighted by Gasteiger charge is 2.13. The number of nitrogens with two attached hydrogens (primary N) is 1. The van der Waals surface area contributed by atoms with Gasteiger partial charge in [0, 0.05) is 6.04 Å². The third-order valence-electron chi connectivity index (χ3n) is 3.88. The molecule has 0 amide bonds. The summed E-state index contributed by atoms with van der Waals surface area (Å²) in [6.07, 6.45) is 1.87. The zero-order valence-electron chi connectivity index (χ0n) is 14.5. The summed E-state index contributed by atoms with van der Waals surface area (Å²) in [4.78, 5) is 0. The van der Waals surface area contributed by atoms with Gasteiger partial charge in [0.05, 0.1) is 0 Å². The van der Waals surface area contributed by atoms with Gasteiger partial charge in [-0.15, -0.1) is 12.4 Å². The van der Waals surface area contributed by atoms with E-state index in [1.54, 1.807) is 0 Å². The minimum Gasteiger partial charge on any atom is -0.457 e. The number of hydrogen-bond acceptors (Lipinski definition) is 2. The van der Waals surface area contributed by atoms with Crippen molar-refractivity contribution in [1.29, 1.82) is 0 Å². The Labute approximate surface area is 146 Å². The van der Waals surface area contributed by atoms with Gasteiger partial charge < -0.3 is 10.5 Å². The quantitative estimate of drug-likeness (QED) is 0.786.